The normalized spacial score (nSPS) is 30.9. The first kappa shape index (κ1) is 51.2. The van der Waals surface area contributed by atoms with Crippen LogP contribution < -0.4 is 17.2 Å². The highest BCUT2D eigenvalue weighted by Gasteiger charge is 2.52. The van der Waals surface area contributed by atoms with Crippen molar-refractivity contribution in [2.24, 2.45) is 0 Å². The van der Waals surface area contributed by atoms with E-state index in [1.807, 2.05) is 0 Å². The van der Waals surface area contributed by atoms with E-state index in [1.165, 1.54) is 39.0 Å². The van der Waals surface area contributed by atoms with Crippen molar-refractivity contribution in [3.05, 3.63) is 38.0 Å². The Morgan fingerprint density at radius 2 is 0.857 bits per heavy atom. The second-order valence-electron chi connectivity index (χ2n) is 15.4. The van der Waals surface area contributed by atoms with E-state index in [0.717, 1.165) is 12.7 Å². The van der Waals surface area contributed by atoms with E-state index in [4.69, 9.17) is 99.1 Å². The van der Waals surface area contributed by atoms with Crippen LogP contribution in [0.2, 0.25) is 0 Å². The molecule has 15 atom stereocenters. The van der Waals surface area contributed by atoms with Gasteiger partial charge in [0.15, 0.2) is 53.1 Å². The second kappa shape index (κ2) is 20.3. The molecule has 0 bridgehead atoms. The molecule has 9 rings (SSSR count). The molecule has 6 aromatic rings. The summed E-state index contributed by atoms with van der Waals surface area (Å²) in [6, 6.07) is 0. The van der Waals surface area contributed by atoms with Gasteiger partial charge in [-0.05, 0) is 35.4 Å². The maximum Gasteiger partial charge on any atom is 0.325 e. The molecule has 380 valence electrons. The Balaban J connectivity index is 0.914. The van der Waals surface area contributed by atoms with Crippen molar-refractivity contribution < 1.29 is 81.6 Å². The number of nitrogens with two attached hydrogens (primary N) is 3. The number of aliphatic hydroxyl groups excluding tert-OH is 5. The van der Waals surface area contributed by atoms with Crippen molar-refractivity contribution >= 4 is 107 Å². The van der Waals surface area contributed by atoms with Gasteiger partial charge in [-0.2, -0.15) is 0 Å². The summed E-state index contributed by atoms with van der Waals surface area (Å²) >= 11 is 15.7. The maximum absolute atomic E-state index is 11.8. The molecular formula is C32H42N15O17P3S3. The summed E-state index contributed by atoms with van der Waals surface area (Å²) in [6.07, 6.45) is -10.7. The Bertz CT molecular complexity index is 3020. The third-order valence-electron chi connectivity index (χ3n) is 11.0. The molecule has 0 spiro atoms. The van der Waals surface area contributed by atoms with Gasteiger partial charge in [-0.25, -0.2) is 44.9 Å². The number of hydrogen-bond donors (Lipinski definition) is 11. The molecule has 0 aromatic carbocycles. The molecule has 3 fully saturated rings. The first-order valence-electron chi connectivity index (χ1n) is 20.3. The Morgan fingerprint density at radius 1 is 0.500 bits per heavy atom. The number of nitrogen functional groups attached to an aromatic ring is 3. The lowest BCUT2D eigenvalue weighted by molar-refractivity contribution is -0.0589. The van der Waals surface area contributed by atoms with E-state index < -0.39 is 120 Å². The van der Waals surface area contributed by atoms with E-state index in [1.54, 1.807) is 0 Å². The minimum absolute atomic E-state index is 0.00806. The number of ether oxygens (including phenoxy) is 3. The van der Waals surface area contributed by atoms with Gasteiger partial charge >= 0.3 is 20.2 Å². The average Bonchev–Trinajstić information content (AvgIpc) is 4.18. The third-order valence-corrected chi connectivity index (χ3v) is 15.7. The summed E-state index contributed by atoms with van der Waals surface area (Å²) in [5.41, 5.74) is 18.8. The number of rotatable bonds is 19. The lowest BCUT2D eigenvalue weighted by Crippen LogP contribution is -2.37. The molecule has 3 saturated heterocycles. The van der Waals surface area contributed by atoms with Crippen LogP contribution in [-0.2, 0) is 76.8 Å². The fourth-order valence-corrected chi connectivity index (χ4v) is 11.7. The zero-order valence-corrected chi connectivity index (χ0v) is 40.5. The molecule has 6 unspecified atom stereocenters. The molecule has 38 heteroatoms. The molecule has 70 heavy (non-hydrogen) atoms. The van der Waals surface area contributed by atoms with Crippen molar-refractivity contribution in [2.45, 2.75) is 73.6 Å². The first-order chi connectivity index (χ1) is 33.3. The summed E-state index contributed by atoms with van der Waals surface area (Å²) in [5, 5.41) is 54.3. The molecule has 0 aliphatic carbocycles. The molecule has 14 N–H and O–H groups in total. The van der Waals surface area contributed by atoms with E-state index in [9.17, 15) is 35.1 Å². The Kier molecular flexibility index (Phi) is 14.9. The van der Waals surface area contributed by atoms with Crippen molar-refractivity contribution in [1.29, 1.82) is 0 Å². The smallest absolute Gasteiger partial charge is 0.325 e. The van der Waals surface area contributed by atoms with Crippen LogP contribution in [0, 0.1) is 0 Å². The van der Waals surface area contributed by atoms with Crippen LogP contribution in [0.25, 0.3) is 33.5 Å². The second-order valence-corrected chi connectivity index (χ2v) is 23.8. The Hall–Kier alpha value is -3.68. The Labute approximate surface area is 407 Å². The van der Waals surface area contributed by atoms with Gasteiger partial charge in [-0.1, -0.05) is 0 Å². The number of imidazole rings is 3. The quantitative estimate of drug-likeness (QED) is 0.0357. The van der Waals surface area contributed by atoms with Gasteiger partial charge in [-0.15, -0.1) is 0 Å². The largest absolute Gasteiger partial charge is 0.394 e. The van der Waals surface area contributed by atoms with Gasteiger partial charge in [-0.3, -0.25) is 22.7 Å². The zero-order chi connectivity index (χ0) is 49.9. The van der Waals surface area contributed by atoms with Crippen molar-refractivity contribution in [3.63, 3.8) is 0 Å². The SMILES string of the molecule is Nc1ncnc2c1ncn2[C@@H]1O[C@H](COP(O)(=S)O[C@H]2C(O)[C@@H](COP(O)(=S)O[C@H]3C(O)[C@@H](COP(O)(=S)OCCO)O[C@H]3n3cnc4c(N)ncnc43)O[C@H]2n2cnc3c(N)ncnc32)C(O)[C@@H]1O. The van der Waals surface area contributed by atoms with E-state index in [-0.39, 0.29) is 57.6 Å². The molecule has 0 amide bonds. The lowest BCUT2D eigenvalue weighted by Gasteiger charge is -2.27. The van der Waals surface area contributed by atoms with Gasteiger partial charge in [0.05, 0.1) is 52.0 Å². The molecule has 9 heterocycles. The van der Waals surface area contributed by atoms with E-state index in [2.05, 4.69) is 44.9 Å². The minimum atomic E-state index is -4.53. The van der Waals surface area contributed by atoms with Crippen molar-refractivity contribution in [2.75, 3.05) is 50.2 Å². The van der Waals surface area contributed by atoms with Crippen LogP contribution in [0.5, 0.6) is 0 Å². The summed E-state index contributed by atoms with van der Waals surface area (Å²) in [6.45, 7) is -15.7. The predicted molar refractivity (Wildman–Crippen MR) is 245 cm³/mol. The number of aliphatic hydroxyl groups is 5. The highest BCUT2D eigenvalue weighted by atomic mass is 32.5. The van der Waals surface area contributed by atoms with Crippen LogP contribution in [0.15, 0.2) is 38.0 Å². The van der Waals surface area contributed by atoms with Gasteiger partial charge in [0.2, 0.25) is 0 Å². The summed E-state index contributed by atoms with van der Waals surface area (Å²) < 4.78 is 55.5. The van der Waals surface area contributed by atoms with Crippen LogP contribution in [-0.4, -0.2) is 187 Å². The highest BCUT2D eigenvalue weighted by Crippen LogP contribution is 2.54. The highest BCUT2D eigenvalue weighted by molar-refractivity contribution is 8.07. The number of hydrogen-bond acceptors (Lipinski definition) is 29. The van der Waals surface area contributed by atoms with Crippen molar-refractivity contribution in [3.8, 4) is 0 Å². The molecule has 6 aromatic heterocycles. The van der Waals surface area contributed by atoms with Gasteiger partial charge in [0.25, 0.3) is 0 Å². The summed E-state index contributed by atoms with van der Waals surface area (Å²) in [7, 11) is 0. The van der Waals surface area contributed by atoms with E-state index >= 15 is 0 Å². The van der Waals surface area contributed by atoms with Gasteiger partial charge < -0.3 is 89.7 Å². The lowest BCUT2D eigenvalue weighted by atomic mass is 10.1. The molecule has 0 saturated carbocycles. The molecule has 32 nitrogen and oxygen atoms in total. The average molecular weight is 1100 g/mol. The minimum Gasteiger partial charge on any atom is -0.394 e. The predicted octanol–water partition coefficient (Wildman–Crippen LogP) is -3.13. The Morgan fingerprint density at radius 3 is 1.26 bits per heavy atom. The van der Waals surface area contributed by atoms with Gasteiger partial charge in [0.1, 0.15) is 90.5 Å². The van der Waals surface area contributed by atoms with Crippen molar-refractivity contribution in [1.82, 2.24) is 58.6 Å². The van der Waals surface area contributed by atoms with Crippen LogP contribution >= 0.6 is 20.2 Å². The maximum atomic E-state index is 11.8. The molecule has 3 aliphatic rings. The first-order valence-corrected chi connectivity index (χ1v) is 28.1. The van der Waals surface area contributed by atoms with Crippen LogP contribution in [0.1, 0.15) is 18.7 Å². The van der Waals surface area contributed by atoms with Crippen LogP contribution in [0.4, 0.5) is 17.5 Å². The number of nitrogens with zero attached hydrogens (tertiary/aromatic N) is 12. The monoisotopic (exact) mass is 1100 g/mol. The summed E-state index contributed by atoms with van der Waals surface area (Å²) in [4.78, 5) is 70.3. The summed E-state index contributed by atoms with van der Waals surface area (Å²) in [5.74, 6) is 0.0672. The van der Waals surface area contributed by atoms with Crippen LogP contribution in [0.3, 0.4) is 0 Å². The fourth-order valence-electron chi connectivity index (χ4n) is 7.72. The standard InChI is InChI=1S/C32H42N15O17P3S3/c33-24-15-27(39-6-36-24)45(9-42-15)30-21(52)18(49)12(60-30)3-58-66(54,69)63-23-20(51)14(62-32(23)47-11-44-17-26(35)38-8-41-29(17)47)5-59-67(55,70)64-22-19(50)13(4-57-65(53,68)56-2-1-48)61-31(22)46-10-43-16-25(34)37-7-40-28(16)46/h6-14,18-23,30-32,48-52H,1-5H2,(H,53,68)(H,54,69)(H,55,70)(H2,33,36,39)(H2,34,37,40)(H2,35,38,41)/t12-,13-,14-,18?,19?,20?,21+,22+,23+,30-,31-,32-,65?,66?,67?/m1/s1. The topological polar surface area (TPSA) is 454 Å². The van der Waals surface area contributed by atoms with Gasteiger partial charge in [0, 0.05) is 0 Å². The number of anilines is 3. The molecular weight excluding hydrogens is 1060 g/mol. The molecule has 3 aliphatic heterocycles. The zero-order valence-electron chi connectivity index (χ0n) is 35.3. The fraction of sp³-hybridized carbons (Fsp3) is 0.531. The number of aromatic nitrogens is 12. The number of fused-ring (bicyclic) bond motifs is 3. The van der Waals surface area contributed by atoms with E-state index in [0.29, 0.717) is 0 Å². The molecule has 0 radical (unpaired) electrons. The third kappa shape index (κ3) is 10.3.